The number of benzene rings is 2. The Morgan fingerprint density at radius 3 is 2.60 bits per heavy atom. The van der Waals surface area contributed by atoms with Crippen molar-refractivity contribution >= 4 is 15.9 Å². The van der Waals surface area contributed by atoms with E-state index in [0.29, 0.717) is 5.92 Å². The summed E-state index contributed by atoms with van der Waals surface area (Å²) in [6, 6.07) is 14.6. The van der Waals surface area contributed by atoms with Crippen molar-refractivity contribution in [1.82, 2.24) is 0 Å². The first-order chi connectivity index (χ1) is 9.74. The van der Waals surface area contributed by atoms with Crippen molar-refractivity contribution < 1.29 is 9.47 Å². The van der Waals surface area contributed by atoms with Gasteiger partial charge in [-0.2, -0.15) is 0 Å². The maximum absolute atomic E-state index is 5.51. The number of methoxy groups -OCH3 is 2. The van der Waals surface area contributed by atoms with Crippen LogP contribution in [0.4, 0.5) is 0 Å². The third-order valence-corrected chi connectivity index (χ3v) is 5.12. The number of alkyl halides is 1. The second kappa shape index (κ2) is 5.49. The van der Waals surface area contributed by atoms with E-state index >= 15 is 0 Å². The van der Waals surface area contributed by atoms with Gasteiger partial charge in [0, 0.05) is 17.5 Å². The van der Waals surface area contributed by atoms with Gasteiger partial charge in [-0.1, -0.05) is 46.3 Å². The zero-order chi connectivity index (χ0) is 14.1. The Bertz CT molecular complexity index is 624. The van der Waals surface area contributed by atoms with Gasteiger partial charge in [-0.05, 0) is 23.6 Å². The fraction of sp³-hybridized carbons (Fsp3) is 0.294. The van der Waals surface area contributed by atoms with Crippen molar-refractivity contribution in [3.8, 4) is 11.5 Å². The molecule has 0 bridgehead atoms. The second-order valence-electron chi connectivity index (χ2n) is 5.02. The molecule has 2 atom stereocenters. The molecule has 0 saturated heterocycles. The molecule has 2 unspecified atom stereocenters. The molecule has 0 radical (unpaired) electrons. The zero-order valence-corrected chi connectivity index (χ0v) is 13.2. The predicted octanol–water partition coefficient (Wildman–Crippen LogP) is 4.48. The standard InChI is InChI=1S/C17H17BrO2/c1-19-12-7-8-14(16(10-12)20-2)17(18)15-9-11-5-3-4-6-13(11)15/h3-8,10,15,17H,9H2,1-2H3. The summed E-state index contributed by atoms with van der Waals surface area (Å²) in [7, 11) is 3.37. The summed E-state index contributed by atoms with van der Waals surface area (Å²) in [5, 5.41) is 0. The lowest BCUT2D eigenvalue weighted by Crippen LogP contribution is -2.21. The molecule has 2 nitrogen and oxygen atoms in total. The molecule has 2 aromatic rings. The molecule has 3 rings (SSSR count). The topological polar surface area (TPSA) is 18.5 Å². The first-order valence-corrected chi connectivity index (χ1v) is 7.60. The summed E-state index contributed by atoms with van der Waals surface area (Å²) < 4.78 is 10.8. The van der Waals surface area contributed by atoms with Crippen molar-refractivity contribution in [1.29, 1.82) is 0 Å². The number of rotatable bonds is 4. The van der Waals surface area contributed by atoms with E-state index in [1.54, 1.807) is 14.2 Å². The van der Waals surface area contributed by atoms with E-state index < -0.39 is 0 Å². The first kappa shape index (κ1) is 13.5. The molecule has 1 aliphatic carbocycles. The van der Waals surface area contributed by atoms with Crippen LogP contribution in [-0.4, -0.2) is 14.2 Å². The van der Waals surface area contributed by atoms with Gasteiger partial charge in [0.2, 0.25) is 0 Å². The van der Waals surface area contributed by atoms with Crippen LogP contribution in [0.25, 0.3) is 0 Å². The zero-order valence-electron chi connectivity index (χ0n) is 11.6. The van der Waals surface area contributed by atoms with Gasteiger partial charge in [0.1, 0.15) is 11.5 Å². The summed E-state index contributed by atoms with van der Waals surface area (Å²) in [5.74, 6) is 2.20. The molecule has 0 saturated carbocycles. The van der Waals surface area contributed by atoms with Gasteiger partial charge in [-0.3, -0.25) is 0 Å². The Hall–Kier alpha value is -1.48. The Balaban J connectivity index is 1.90. The molecule has 0 fully saturated rings. The largest absolute Gasteiger partial charge is 0.497 e. The van der Waals surface area contributed by atoms with Gasteiger partial charge in [0.15, 0.2) is 0 Å². The summed E-state index contributed by atoms with van der Waals surface area (Å²) in [6.07, 6.45) is 1.11. The lowest BCUT2D eigenvalue weighted by Gasteiger charge is -2.34. The highest BCUT2D eigenvalue weighted by Gasteiger charge is 2.33. The molecule has 0 spiro atoms. The fourth-order valence-electron chi connectivity index (χ4n) is 2.82. The van der Waals surface area contributed by atoms with E-state index in [1.807, 2.05) is 12.1 Å². The quantitative estimate of drug-likeness (QED) is 0.768. The monoisotopic (exact) mass is 332 g/mol. The van der Waals surface area contributed by atoms with Gasteiger partial charge < -0.3 is 9.47 Å². The molecule has 3 heteroatoms. The Morgan fingerprint density at radius 1 is 1.10 bits per heavy atom. The van der Waals surface area contributed by atoms with Crippen molar-refractivity contribution in [2.75, 3.05) is 14.2 Å². The number of halogens is 1. The Kier molecular flexibility index (Phi) is 3.70. The summed E-state index contributed by atoms with van der Waals surface area (Å²) in [6.45, 7) is 0. The number of ether oxygens (including phenoxy) is 2. The van der Waals surface area contributed by atoms with E-state index in [1.165, 1.54) is 16.7 Å². The average molecular weight is 333 g/mol. The number of fused-ring (bicyclic) bond motifs is 1. The van der Waals surface area contributed by atoms with Crippen molar-refractivity contribution in [3.63, 3.8) is 0 Å². The molecule has 1 aliphatic rings. The van der Waals surface area contributed by atoms with Crippen LogP contribution in [0.1, 0.15) is 27.4 Å². The van der Waals surface area contributed by atoms with Crippen LogP contribution >= 0.6 is 15.9 Å². The molecule has 104 valence electrons. The van der Waals surface area contributed by atoms with E-state index in [-0.39, 0.29) is 4.83 Å². The maximum Gasteiger partial charge on any atom is 0.126 e. The second-order valence-corrected chi connectivity index (χ2v) is 6.01. The molecule has 20 heavy (non-hydrogen) atoms. The molecule has 0 amide bonds. The van der Waals surface area contributed by atoms with Gasteiger partial charge in [-0.25, -0.2) is 0 Å². The smallest absolute Gasteiger partial charge is 0.126 e. The van der Waals surface area contributed by atoms with Crippen LogP contribution in [0.5, 0.6) is 11.5 Å². The van der Waals surface area contributed by atoms with Crippen LogP contribution in [0.3, 0.4) is 0 Å². The van der Waals surface area contributed by atoms with Gasteiger partial charge >= 0.3 is 0 Å². The molecule has 0 aliphatic heterocycles. The van der Waals surface area contributed by atoms with Crippen molar-refractivity contribution in [2.45, 2.75) is 17.2 Å². The minimum atomic E-state index is 0.262. The van der Waals surface area contributed by atoms with Crippen LogP contribution in [0, 0.1) is 0 Å². The summed E-state index contributed by atoms with van der Waals surface area (Å²) in [4.78, 5) is 0.262. The fourth-order valence-corrected chi connectivity index (χ4v) is 3.67. The molecule has 0 aromatic heterocycles. The third kappa shape index (κ3) is 2.20. The maximum atomic E-state index is 5.51. The SMILES string of the molecule is COc1ccc(C(Br)C2Cc3ccccc32)c(OC)c1. The van der Waals surface area contributed by atoms with Gasteiger partial charge in [0.05, 0.1) is 19.0 Å². The van der Waals surface area contributed by atoms with Crippen molar-refractivity contribution in [2.24, 2.45) is 0 Å². The normalized spacial score (nSPS) is 17.9. The van der Waals surface area contributed by atoms with E-state index in [2.05, 4.69) is 46.3 Å². The van der Waals surface area contributed by atoms with E-state index in [9.17, 15) is 0 Å². The summed E-state index contributed by atoms with van der Waals surface area (Å²) >= 11 is 3.85. The highest BCUT2D eigenvalue weighted by atomic mass is 79.9. The summed E-state index contributed by atoms with van der Waals surface area (Å²) in [5.41, 5.74) is 4.06. The first-order valence-electron chi connectivity index (χ1n) is 6.68. The minimum Gasteiger partial charge on any atom is -0.497 e. The van der Waals surface area contributed by atoms with Crippen LogP contribution in [-0.2, 0) is 6.42 Å². The molecular weight excluding hydrogens is 316 g/mol. The third-order valence-electron chi connectivity index (χ3n) is 3.99. The van der Waals surface area contributed by atoms with Gasteiger partial charge in [-0.15, -0.1) is 0 Å². The minimum absolute atomic E-state index is 0.262. The van der Waals surface area contributed by atoms with Crippen molar-refractivity contribution in [3.05, 3.63) is 59.2 Å². The van der Waals surface area contributed by atoms with E-state index in [0.717, 1.165) is 17.9 Å². The van der Waals surface area contributed by atoms with Crippen LogP contribution in [0.2, 0.25) is 0 Å². The number of hydrogen-bond acceptors (Lipinski definition) is 2. The molecule has 0 N–H and O–H groups in total. The van der Waals surface area contributed by atoms with Crippen LogP contribution in [0.15, 0.2) is 42.5 Å². The molecular formula is C17H17BrO2. The van der Waals surface area contributed by atoms with Gasteiger partial charge in [0.25, 0.3) is 0 Å². The number of hydrogen-bond donors (Lipinski definition) is 0. The highest BCUT2D eigenvalue weighted by molar-refractivity contribution is 9.09. The average Bonchev–Trinajstić information content (AvgIpc) is 2.47. The van der Waals surface area contributed by atoms with E-state index in [4.69, 9.17) is 9.47 Å². The lowest BCUT2D eigenvalue weighted by molar-refractivity contribution is 0.389. The molecule has 2 aromatic carbocycles. The highest BCUT2D eigenvalue weighted by Crippen LogP contribution is 2.50. The van der Waals surface area contributed by atoms with Crippen LogP contribution < -0.4 is 9.47 Å². The Labute approximate surface area is 127 Å². The predicted molar refractivity (Wildman–Crippen MR) is 84.1 cm³/mol. The lowest BCUT2D eigenvalue weighted by atomic mass is 9.74. The molecule has 0 heterocycles. The Morgan fingerprint density at radius 2 is 1.90 bits per heavy atom.